The number of aliphatic hydroxyl groups excluding tert-OH is 1. The molecule has 6 nitrogen and oxygen atoms in total. The van der Waals surface area contributed by atoms with Gasteiger partial charge in [0.05, 0.1) is 18.2 Å². The molecular formula is C23H28N2O4S. The zero-order valence-corrected chi connectivity index (χ0v) is 18.6. The fourth-order valence-corrected chi connectivity index (χ4v) is 4.13. The van der Waals surface area contributed by atoms with Crippen LogP contribution >= 0.6 is 11.3 Å². The third kappa shape index (κ3) is 4.74. The van der Waals surface area contributed by atoms with Crippen molar-refractivity contribution < 1.29 is 19.4 Å². The van der Waals surface area contributed by atoms with Crippen LogP contribution in [0.3, 0.4) is 0 Å². The van der Waals surface area contributed by atoms with E-state index in [1.165, 1.54) is 11.3 Å². The summed E-state index contributed by atoms with van der Waals surface area (Å²) < 4.78 is 5.69. The average Bonchev–Trinajstić information content (AvgIpc) is 3.32. The van der Waals surface area contributed by atoms with Crippen LogP contribution in [0.1, 0.15) is 30.3 Å². The van der Waals surface area contributed by atoms with Crippen molar-refractivity contribution in [1.82, 2.24) is 9.80 Å². The highest BCUT2D eigenvalue weighted by atomic mass is 32.1. The Labute approximate surface area is 181 Å². The molecule has 1 N–H and O–H groups in total. The van der Waals surface area contributed by atoms with Gasteiger partial charge in [-0.2, -0.15) is 0 Å². The van der Waals surface area contributed by atoms with E-state index in [-0.39, 0.29) is 11.3 Å². The molecule has 1 aromatic heterocycles. The lowest BCUT2D eigenvalue weighted by atomic mass is 10.00. The van der Waals surface area contributed by atoms with Gasteiger partial charge in [0.2, 0.25) is 0 Å². The molecule has 1 aromatic carbocycles. The summed E-state index contributed by atoms with van der Waals surface area (Å²) >= 11 is 1.47. The smallest absolute Gasteiger partial charge is 0.295 e. The van der Waals surface area contributed by atoms with Crippen LogP contribution in [-0.4, -0.2) is 60.4 Å². The van der Waals surface area contributed by atoms with E-state index in [0.717, 1.165) is 4.88 Å². The van der Waals surface area contributed by atoms with E-state index in [9.17, 15) is 14.7 Å². The summed E-state index contributed by atoms with van der Waals surface area (Å²) in [6, 6.07) is 10.1. The predicted molar refractivity (Wildman–Crippen MR) is 119 cm³/mol. The van der Waals surface area contributed by atoms with Crippen molar-refractivity contribution in [3.05, 3.63) is 57.8 Å². The molecule has 0 aliphatic carbocycles. The largest absolute Gasteiger partial charge is 0.507 e. The van der Waals surface area contributed by atoms with Crippen molar-refractivity contribution >= 4 is 28.8 Å². The number of hydrogen-bond acceptors (Lipinski definition) is 6. The molecule has 1 aliphatic heterocycles. The van der Waals surface area contributed by atoms with Gasteiger partial charge < -0.3 is 19.6 Å². The highest BCUT2D eigenvalue weighted by molar-refractivity contribution is 7.10. The SMILES string of the molecule is CC(C)COc1ccc(/C(O)=C2/C(=O)C(=O)N(CCN(C)C)C2c2cccs2)cc1. The van der Waals surface area contributed by atoms with Crippen LogP contribution in [0.15, 0.2) is 47.4 Å². The summed E-state index contributed by atoms with van der Waals surface area (Å²) in [4.78, 5) is 30.0. The number of ketones is 1. The quantitative estimate of drug-likeness (QED) is 0.394. The molecule has 1 aliphatic rings. The molecule has 160 valence electrons. The van der Waals surface area contributed by atoms with Crippen LogP contribution in [0.4, 0.5) is 0 Å². The number of rotatable bonds is 8. The Morgan fingerprint density at radius 2 is 1.90 bits per heavy atom. The second-order valence-electron chi connectivity index (χ2n) is 8.04. The topological polar surface area (TPSA) is 70.1 Å². The lowest BCUT2D eigenvalue weighted by Gasteiger charge is -2.25. The lowest BCUT2D eigenvalue weighted by molar-refractivity contribution is -0.140. The number of carbonyl (C=O) groups excluding carboxylic acids is 2. The minimum absolute atomic E-state index is 0.136. The van der Waals surface area contributed by atoms with Gasteiger partial charge in [-0.3, -0.25) is 9.59 Å². The third-order valence-corrected chi connectivity index (χ3v) is 5.78. The van der Waals surface area contributed by atoms with Crippen LogP contribution in [0.2, 0.25) is 0 Å². The van der Waals surface area contributed by atoms with E-state index in [0.29, 0.717) is 36.9 Å². The molecule has 0 bridgehead atoms. The first-order valence-electron chi connectivity index (χ1n) is 9.99. The first kappa shape index (κ1) is 22.1. The summed E-state index contributed by atoms with van der Waals surface area (Å²) in [5, 5.41) is 12.9. The van der Waals surface area contributed by atoms with Gasteiger partial charge in [0.15, 0.2) is 0 Å². The van der Waals surface area contributed by atoms with Crippen molar-refractivity contribution in [3.63, 3.8) is 0 Å². The average molecular weight is 429 g/mol. The number of Topliss-reactive ketones (excluding diaryl/α,β-unsaturated/α-hetero) is 1. The number of aliphatic hydroxyl groups is 1. The number of thiophene rings is 1. The highest BCUT2D eigenvalue weighted by Crippen LogP contribution is 2.41. The van der Waals surface area contributed by atoms with E-state index in [2.05, 4.69) is 13.8 Å². The molecule has 1 unspecified atom stereocenters. The van der Waals surface area contributed by atoms with Crippen LogP contribution in [0.5, 0.6) is 5.75 Å². The summed E-state index contributed by atoms with van der Waals surface area (Å²) in [5.41, 5.74) is 0.621. The molecule has 3 rings (SSSR count). The molecule has 1 atom stereocenters. The van der Waals surface area contributed by atoms with Gasteiger partial charge in [-0.15, -0.1) is 11.3 Å². The lowest BCUT2D eigenvalue weighted by Crippen LogP contribution is -2.35. The van der Waals surface area contributed by atoms with Crippen molar-refractivity contribution in [2.24, 2.45) is 5.92 Å². The van der Waals surface area contributed by atoms with Gasteiger partial charge in [-0.25, -0.2) is 0 Å². The summed E-state index contributed by atoms with van der Waals surface area (Å²) in [6.45, 7) is 5.76. The third-order valence-electron chi connectivity index (χ3n) is 4.85. The van der Waals surface area contributed by atoms with E-state index in [4.69, 9.17) is 4.74 Å². The van der Waals surface area contributed by atoms with Gasteiger partial charge in [-0.05, 0) is 55.7 Å². The number of amides is 1. The first-order valence-corrected chi connectivity index (χ1v) is 10.9. The standard InChI is InChI=1S/C23H28N2O4S/c1-15(2)14-29-17-9-7-16(8-10-17)21(26)19-20(18-6-5-13-30-18)25(12-11-24(3)4)23(28)22(19)27/h5-10,13,15,20,26H,11-12,14H2,1-4H3/b21-19-. The minimum Gasteiger partial charge on any atom is -0.507 e. The maximum Gasteiger partial charge on any atom is 0.295 e. The van der Waals surface area contributed by atoms with E-state index in [1.54, 1.807) is 29.2 Å². The maximum absolute atomic E-state index is 12.9. The zero-order chi connectivity index (χ0) is 21.8. The molecular weight excluding hydrogens is 400 g/mol. The van der Waals surface area contributed by atoms with Crippen molar-refractivity contribution in [1.29, 1.82) is 0 Å². The summed E-state index contributed by atoms with van der Waals surface area (Å²) in [6.07, 6.45) is 0. The number of benzene rings is 1. The number of carbonyl (C=O) groups is 2. The number of hydrogen-bond donors (Lipinski definition) is 1. The Balaban J connectivity index is 1.97. The van der Waals surface area contributed by atoms with Gasteiger partial charge in [-0.1, -0.05) is 19.9 Å². The van der Waals surface area contributed by atoms with Gasteiger partial charge in [0.25, 0.3) is 11.7 Å². The van der Waals surface area contributed by atoms with E-state index in [1.807, 2.05) is 36.5 Å². The Morgan fingerprint density at radius 1 is 1.20 bits per heavy atom. The Morgan fingerprint density at radius 3 is 2.47 bits per heavy atom. The predicted octanol–water partition coefficient (Wildman–Crippen LogP) is 3.77. The summed E-state index contributed by atoms with van der Waals surface area (Å²) in [5.74, 6) is -0.281. The number of likely N-dealkylation sites (N-methyl/N-ethyl adjacent to an activating group) is 1. The molecule has 2 heterocycles. The zero-order valence-electron chi connectivity index (χ0n) is 17.8. The molecule has 1 saturated heterocycles. The number of ether oxygens (including phenoxy) is 1. The monoisotopic (exact) mass is 428 g/mol. The van der Waals surface area contributed by atoms with E-state index >= 15 is 0 Å². The molecule has 0 saturated carbocycles. The van der Waals surface area contributed by atoms with Crippen LogP contribution < -0.4 is 4.74 Å². The fourth-order valence-electron chi connectivity index (χ4n) is 3.29. The minimum atomic E-state index is -0.648. The molecule has 1 amide bonds. The normalized spacial score (nSPS) is 18.6. The molecule has 30 heavy (non-hydrogen) atoms. The maximum atomic E-state index is 12.9. The van der Waals surface area contributed by atoms with Crippen molar-refractivity contribution in [2.45, 2.75) is 19.9 Å². The van der Waals surface area contributed by atoms with Gasteiger partial charge in [0, 0.05) is 23.5 Å². The number of likely N-dealkylation sites (tertiary alicyclic amines) is 1. The second kappa shape index (κ2) is 9.45. The van der Waals surface area contributed by atoms with E-state index < -0.39 is 17.7 Å². The fraction of sp³-hybridized carbons (Fsp3) is 0.391. The number of nitrogens with zero attached hydrogens (tertiary/aromatic N) is 2. The summed E-state index contributed by atoms with van der Waals surface area (Å²) in [7, 11) is 3.83. The molecule has 2 aromatic rings. The molecule has 1 fully saturated rings. The Hall–Kier alpha value is -2.64. The van der Waals surface area contributed by atoms with Crippen molar-refractivity contribution in [3.8, 4) is 5.75 Å². The Bertz CT molecular complexity index is 917. The molecule has 7 heteroatoms. The molecule has 0 spiro atoms. The molecule has 0 radical (unpaired) electrons. The van der Waals surface area contributed by atoms with Gasteiger partial charge >= 0.3 is 0 Å². The van der Waals surface area contributed by atoms with Crippen LogP contribution in [-0.2, 0) is 9.59 Å². The Kier molecular flexibility index (Phi) is 6.95. The van der Waals surface area contributed by atoms with Crippen LogP contribution in [0, 0.1) is 5.92 Å². The second-order valence-corrected chi connectivity index (χ2v) is 9.02. The first-order chi connectivity index (χ1) is 14.3. The highest BCUT2D eigenvalue weighted by Gasteiger charge is 2.46. The van der Waals surface area contributed by atoms with Crippen LogP contribution in [0.25, 0.3) is 5.76 Å². The van der Waals surface area contributed by atoms with Gasteiger partial charge in [0.1, 0.15) is 11.5 Å². The van der Waals surface area contributed by atoms with Crippen molar-refractivity contribution in [2.75, 3.05) is 33.8 Å².